The number of rotatable bonds is 4. The fourth-order valence-electron chi connectivity index (χ4n) is 4.00. The molecule has 1 aromatic carbocycles. The Morgan fingerprint density at radius 1 is 1.10 bits per heavy atom. The van der Waals surface area contributed by atoms with Crippen molar-refractivity contribution in [2.24, 2.45) is 7.05 Å². The highest BCUT2D eigenvalue weighted by molar-refractivity contribution is 5.97. The first-order valence-corrected chi connectivity index (χ1v) is 10.2. The van der Waals surface area contributed by atoms with Crippen LogP contribution in [0.5, 0.6) is 0 Å². The number of amides is 3. The van der Waals surface area contributed by atoms with Crippen LogP contribution in [0.2, 0.25) is 0 Å². The Labute approximate surface area is 180 Å². The van der Waals surface area contributed by atoms with Crippen molar-refractivity contribution in [1.82, 2.24) is 19.6 Å². The fourth-order valence-corrected chi connectivity index (χ4v) is 4.00. The molecule has 2 aromatic rings. The summed E-state index contributed by atoms with van der Waals surface area (Å²) in [7, 11) is 2.90. The number of nitrogens with zero attached hydrogens (tertiary/aromatic N) is 5. The number of carbonyl (C=O) groups excluding carboxylic acids is 3. The van der Waals surface area contributed by atoms with Crippen molar-refractivity contribution >= 4 is 29.4 Å². The van der Waals surface area contributed by atoms with Gasteiger partial charge in [-0.3, -0.25) is 19.7 Å². The Hall–Kier alpha value is -3.40. The lowest BCUT2D eigenvalue weighted by molar-refractivity contribution is -0.120. The molecular weight excluding hydrogens is 400 g/mol. The van der Waals surface area contributed by atoms with Crippen LogP contribution in [0.4, 0.5) is 16.3 Å². The minimum atomic E-state index is -0.519. The Balaban J connectivity index is 1.27. The normalized spacial score (nSPS) is 16.2. The summed E-state index contributed by atoms with van der Waals surface area (Å²) >= 11 is 0. The van der Waals surface area contributed by atoms with Crippen molar-refractivity contribution < 1.29 is 19.1 Å². The molecular formula is C21H26N6O4. The Morgan fingerprint density at radius 2 is 1.84 bits per heavy atom. The molecule has 2 aliphatic heterocycles. The van der Waals surface area contributed by atoms with Crippen LogP contribution in [0.25, 0.3) is 0 Å². The molecule has 2 aliphatic rings. The predicted molar refractivity (Wildman–Crippen MR) is 114 cm³/mol. The first-order chi connectivity index (χ1) is 15.0. The van der Waals surface area contributed by atoms with Gasteiger partial charge in [-0.25, -0.2) is 9.59 Å². The highest BCUT2D eigenvalue weighted by Gasteiger charge is 2.28. The van der Waals surface area contributed by atoms with Gasteiger partial charge >= 0.3 is 12.0 Å². The molecule has 3 heterocycles. The van der Waals surface area contributed by atoms with Gasteiger partial charge in [-0.2, -0.15) is 5.10 Å². The smallest absolute Gasteiger partial charge is 0.356 e. The summed E-state index contributed by atoms with van der Waals surface area (Å²) in [5.41, 5.74) is 2.47. The van der Waals surface area contributed by atoms with E-state index in [1.165, 1.54) is 23.4 Å². The van der Waals surface area contributed by atoms with Gasteiger partial charge in [-0.15, -0.1) is 0 Å². The lowest BCUT2D eigenvalue weighted by Crippen LogP contribution is -2.52. The van der Waals surface area contributed by atoms with E-state index in [0.29, 0.717) is 38.5 Å². The van der Waals surface area contributed by atoms with Crippen LogP contribution >= 0.6 is 0 Å². The number of methoxy groups -OCH3 is 1. The third-order valence-corrected chi connectivity index (χ3v) is 5.72. The van der Waals surface area contributed by atoms with Crippen molar-refractivity contribution in [2.75, 3.05) is 56.6 Å². The van der Waals surface area contributed by atoms with Crippen LogP contribution in [0, 0.1) is 0 Å². The number of hydrogen-bond acceptors (Lipinski definition) is 6. The van der Waals surface area contributed by atoms with Gasteiger partial charge in [0.15, 0.2) is 5.82 Å². The van der Waals surface area contributed by atoms with E-state index < -0.39 is 5.97 Å². The number of para-hydroxylation sites is 1. The maximum absolute atomic E-state index is 12.8. The summed E-state index contributed by atoms with van der Waals surface area (Å²) in [6.45, 7) is 3.30. The summed E-state index contributed by atoms with van der Waals surface area (Å²) in [5.74, 6) is -0.140. The van der Waals surface area contributed by atoms with Crippen molar-refractivity contribution in [2.45, 2.75) is 6.42 Å². The second-order valence-corrected chi connectivity index (χ2v) is 7.65. The lowest BCUT2D eigenvalue weighted by atomic mass is 10.2. The zero-order valence-corrected chi connectivity index (χ0v) is 17.7. The van der Waals surface area contributed by atoms with Crippen LogP contribution < -0.4 is 10.2 Å². The molecule has 0 bridgehead atoms. The van der Waals surface area contributed by atoms with E-state index in [1.54, 1.807) is 11.9 Å². The largest absolute Gasteiger partial charge is 0.464 e. The number of carbonyl (C=O) groups is 3. The predicted octanol–water partition coefficient (Wildman–Crippen LogP) is 0.946. The molecule has 3 amide bonds. The summed E-state index contributed by atoms with van der Waals surface area (Å²) in [4.78, 5) is 42.6. The van der Waals surface area contributed by atoms with Gasteiger partial charge in [-0.1, -0.05) is 18.2 Å². The molecule has 0 unspecified atom stereocenters. The third-order valence-electron chi connectivity index (χ3n) is 5.72. The molecule has 0 atom stereocenters. The van der Waals surface area contributed by atoms with Crippen LogP contribution in [0.1, 0.15) is 16.1 Å². The van der Waals surface area contributed by atoms with E-state index in [1.807, 2.05) is 23.1 Å². The molecule has 31 heavy (non-hydrogen) atoms. The number of ether oxygens (including phenoxy) is 1. The molecule has 0 saturated carbocycles. The molecule has 10 nitrogen and oxygen atoms in total. The van der Waals surface area contributed by atoms with E-state index in [2.05, 4.69) is 21.4 Å². The average molecular weight is 426 g/mol. The van der Waals surface area contributed by atoms with Crippen LogP contribution in [0.3, 0.4) is 0 Å². The number of anilines is 2. The molecule has 164 valence electrons. The number of fused-ring (bicyclic) bond motifs is 1. The number of aromatic nitrogens is 2. The Bertz CT molecular complexity index is 996. The van der Waals surface area contributed by atoms with Gasteiger partial charge in [-0.05, 0) is 18.1 Å². The number of urea groups is 1. The van der Waals surface area contributed by atoms with Crippen molar-refractivity contribution in [3.8, 4) is 0 Å². The van der Waals surface area contributed by atoms with Crippen molar-refractivity contribution in [3.63, 3.8) is 0 Å². The monoisotopic (exact) mass is 426 g/mol. The van der Waals surface area contributed by atoms with Gasteiger partial charge < -0.3 is 14.5 Å². The molecule has 1 fully saturated rings. The standard InChI is InChI=1S/C21H26N6O4/c1-24-17(20(29)31-2)13-18(23-24)22-21(30)26-11-9-25(10-12-26)14-19(28)27-8-7-15-5-3-4-6-16(15)27/h3-6,13H,7-12,14H2,1-2H3,(H,22,23,30). The van der Waals surface area contributed by atoms with Crippen LogP contribution in [-0.4, -0.2) is 83.9 Å². The van der Waals surface area contributed by atoms with Gasteiger partial charge in [0.25, 0.3) is 0 Å². The maximum Gasteiger partial charge on any atom is 0.356 e. The van der Waals surface area contributed by atoms with E-state index in [0.717, 1.165) is 18.7 Å². The van der Waals surface area contributed by atoms with Crippen molar-refractivity contribution in [1.29, 1.82) is 0 Å². The Morgan fingerprint density at radius 3 is 2.58 bits per heavy atom. The summed E-state index contributed by atoms with van der Waals surface area (Å²) in [6, 6.07) is 9.21. The third kappa shape index (κ3) is 4.38. The second kappa shape index (κ2) is 8.76. The topological polar surface area (TPSA) is 100 Å². The maximum atomic E-state index is 12.8. The lowest BCUT2D eigenvalue weighted by Gasteiger charge is -2.34. The first kappa shape index (κ1) is 20.9. The molecule has 1 N–H and O–H groups in total. The molecule has 0 aliphatic carbocycles. The summed E-state index contributed by atoms with van der Waals surface area (Å²) in [6.07, 6.45) is 0.890. The summed E-state index contributed by atoms with van der Waals surface area (Å²) in [5, 5.41) is 6.84. The first-order valence-electron chi connectivity index (χ1n) is 10.2. The highest BCUT2D eigenvalue weighted by atomic mass is 16.5. The number of esters is 1. The molecule has 0 spiro atoms. The zero-order chi connectivity index (χ0) is 22.0. The number of aryl methyl sites for hydroxylation is 1. The van der Waals surface area contributed by atoms with Crippen LogP contribution in [0.15, 0.2) is 30.3 Å². The van der Waals surface area contributed by atoms with E-state index in [-0.39, 0.29) is 17.6 Å². The van der Waals surface area contributed by atoms with Crippen LogP contribution in [-0.2, 0) is 23.0 Å². The molecule has 1 saturated heterocycles. The number of hydrogen-bond donors (Lipinski definition) is 1. The quantitative estimate of drug-likeness (QED) is 0.731. The van der Waals surface area contributed by atoms with Gasteiger partial charge in [0.2, 0.25) is 5.91 Å². The highest BCUT2D eigenvalue weighted by Crippen LogP contribution is 2.27. The van der Waals surface area contributed by atoms with Gasteiger partial charge in [0.05, 0.1) is 13.7 Å². The molecule has 4 rings (SSSR count). The average Bonchev–Trinajstić information content (AvgIpc) is 3.37. The fraction of sp³-hybridized carbons (Fsp3) is 0.429. The minimum Gasteiger partial charge on any atom is -0.464 e. The SMILES string of the molecule is COC(=O)c1cc(NC(=O)N2CCN(CC(=O)N3CCc4ccccc43)CC2)nn1C. The second-order valence-electron chi connectivity index (χ2n) is 7.65. The molecule has 0 radical (unpaired) electrons. The minimum absolute atomic E-state index is 0.0895. The molecule has 10 heteroatoms. The number of piperazine rings is 1. The zero-order valence-electron chi connectivity index (χ0n) is 17.7. The molecule has 1 aromatic heterocycles. The Kier molecular flexibility index (Phi) is 5.90. The van der Waals surface area contributed by atoms with E-state index in [9.17, 15) is 14.4 Å². The summed E-state index contributed by atoms with van der Waals surface area (Å²) < 4.78 is 6.05. The number of nitrogens with one attached hydrogen (secondary N) is 1. The number of benzene rings is 1. The van der Waals surface area contributed by atoms with E-state index in [4.69, 9.17) is 4.74 Å². The van der Waals surface area contributed by atoms with Crippen molar-refractivity contribution in [3.05, 3.63) is 41.6 Å². The van der Waals surface area contributed by atoms with Gasteiger partial charge in [0.1, 0.15) is 5.69 Å². The van der Waals surface area contributed by atoms with Gasteiger partial charge in [0, 0.05) is 51.5 Å². The van der Waals surface area contributed by atoms with E-state index >= 15 is 0 Å².